The Hall–Kier alpha value is -0.810. The predicted octanol–water partition coefficient (Wildman–Crippen LogP) is 1.97. The minimum Gasteiger partial charge on any atom is -0.385 e. The van der Waals surface area contributed by atoms with Gasteiger partial charge in [-0.15, -0.1) is 0 Å². The van der Waals surface area contributed by atoms with E-state index in [0.717, 1.165) is 38.9 Å². The van der Waals surface area contributed by atoms with E-state index in [1.165, 1.54) is 12.8 Å². The first kappa shape index (κ1) is 16.2. The molecule has 0 bridgehead atoms. The van der Waals surface area contributed by atoms with Crippen molar-refractivity contribution >= 4 is 6.03 Å². The summed E-state index contributed by atoms with van der Waals surface area (Å²) in [6.45, 7) is 4.48. The van der Waals surface area contributed by atoms with Crippen LogP contribution in [0.1, 0.15) is 32.1 Å². The highest BCUT2D eigenvalue weighted by Gasteiger charge is 2.21. The minimum absolute atomic E-state index is 0.162. The zero-order chi connectivity index (χ0) is 13.9. The van der Waals surface area contributed by atoms with Crippen molar-refractivity contribution in [3.05, 3.63) is 0 Å². The number of nitrogens with zero attached hydrogens (tertiary/aromatic N) is 2. The maximum atomic E-state index is 12.5. The Labute approximate surface area is 116 Å². The molecular weight excluding hydrogens is 244 g/mol. The summed E-state index contributed by atoms with van der Waals surface area (Å²) in [7, 11) is 3.36. The van der Waals surface area contributed by atoms with E-state index in [1.807, 2.05) is 9.80 Å². The van der Waals surface area contributed by atoms with Crippen molar-refractivity contribution in [1.29, 1.82) is 0 Å². The van der Waals surface area contributed by atoms with Gasteiger partial charge in [-0.25, -0.2) is 4.79 Å². The molecule has 0 N–H and O–H groups in total. The first-order valence-electron chi connectivity index (χ1n) is 7.31. The van der Waals surface area contributed by atoms with Crippen LogP contribution in [0.4, 0.5) is 4.79 Å². The van der Waals surface area contributed by atoms with Gasteiger partial charge in [-0.05, 0) is 19.3 Å². The van der Waals surface area contributed by atoms with Crippen LogP contribution in [-0.4, -0.2) is 69.4 Å². The molecule has 0 spiro atoms. The minimum atomic E-state index is 0.162. The lowest BCUT2D eigenvalue weighted by Crippen LogP contribution is -2.45. The lowest BCUT2D eigenvalue weighted by Gasteiger charge is -2.29. The van der Waals surface area contributed by atoms with E-state index in [9.17, 15) is 4.79 Å². The molecule has 19 heavy (non-hydrogen) atoms. The number of hydrogen-bond acceptors (Lipinski definition) is 3. The Kier molecular flexibility index (Phi) is 8.58. The van der Waals surface area contributed by atoms with Crippen LogP contribution < -0.4 is 0 Å². The van der Waals surface area contributed by atoms with Gasteiger partial charge in [0, 0.05) is 47.0 Å². The van der Waals surface area contributed by atoms with Crippen LogP contribution >= 0.6 is 0 Å². The quantitative estimate of drug-likeness (QED) is 0.665. The fourth-order valence-corrected chi connectivity index (χ4v) is 2.37. The first-order valence-corrected chi connectivity index (χ1v) is 7.31. The second-order valence-corrected chi connectivity index (χ2v) is 5.01. The molecule has 0 aromatic carbocycles. The van der Waals surface area contributed by atoms with Gasteiger partial charge in [0.05, 0.1) is 6.61 Å². The number of likely N-dealkylation sites (tertiary alicyclic amines) is 1. The van der Waals surface area contributed by atoms with Gasteiger partial charge in [0.25, 0.3) is 0 Å². The molecule has 1 heterocycles. The molecule has 1 rings (SSSR count). The molecule has 1 saturated heterocycles. The third kappa shape index (κ3) is 6.25. The summed E-state index contributed by atoms with van der Waals surface area (Å²) in [4.78, 5) is 16.4. The molecule has 5 nitrogen and oxygen atoms in total. The van der Waals surface area contributed by atoms with E-state index < -0.39 is 0 Å². The van der Waals surface area contributed by atoms with Crippen molar-refractivity contribution in [1.82, 2.24) is 9.80 Å². The molecule has 0 saturated carbocycles. The Morgan fingerprint density at radius 2 is 1.63 bits per heavy atom. The van der Waals surface area contributed by atoms with Gasteiger partial charge in [-0.3, -0.25) is 0 Å². The summed E-state index contributed by atoms with van der Waals surface area (Å²) < 4.78 is 10.2. The standard InChI is InChI=1S/C14H28N2O3/c1-18-12-7-10-16(11-13-19-2)14(17)15-8-5-3-4-6-9-15/h3-13H2,1-2H3. The highest BCUT2D eigenvalue weighted by Crippen LogP contribution is 2.12. The van der Waals surface area contributed by atoms with Crippen LogP contribution in [0.25, 0.3) is 0 Å². The summed E-state index contributed by atoms with van der Waals surface area (Å²) in [6.07, 6.45) is 5.61. The molecule has 112 valence electrons. The average molecular weight is 272 g/mol. The number of hydrogen-bond donors (Lipinski definition) is 0. The third-order valence-corrected chi connectivity index (χ3v) is 3.49. The normalized spacial score (nSPS) is 16.2. The summed E-state index contributed by atoms with van der Waals surface area (Å²) in [5.41, 5.74) is 0. The van der Waals surface area contributed by atoms with Gasteiger partial charge in [-0.1, -0.05) is 12.8 Å². The largest absolute Gasteiger partial charge is 0.385 e. The third-order valence-electron chi connectivity index (χ3n) is 3.49. The van der Waals surface area contributed by atoms with E-state index in [4.69, 9.17) is 9.47 Å². The predicted molar refractivity (Wildman–Crippen MR) is 75.4 cm³/mol. The summed E-state index contributed by atoms with van der Waals surface area (Å²) in [5.74, 6) is 0. The molecule has 1 aliphatic rings. The maximum Gasteiger partial charge on any atom is 0.320 e. The summed E-state index contributed by atoms with van der Waals surface area (Å²) in [6, 6.07) is 0.162. The SMILES string of the molecule is COCCCN(CCOC)C(=O)N1CCCCCC1. The lowest BCUT2D eigenvalue weighted by molar-refractivity contribution is 0.117. The van der Waals surface area contributed by atoms with Gasteiger partial charge >= 0.3 is 6.03 Å². The van der Waals surface area contributed by atoms with Gasteiger partial charge in [0.2, 0.25) is 0 Å². The van der Waals surface area contributed by atoms with E-state index in [1.54, 1.807) is 14.2 Å². The number of methoxy groups -OCH3 is 2. The van der Waals surface area contributed by atoms with Crippen LogP contribution in [0.15, 0.2) is 0 Å². The zero-order valence-electron chi connectivity index (χ0n) is 12.4. The van der Waals surface area contributed by atoms with Gasteiger partial charge in [0.15, 0.2) is 0 Å². The number of rotatable bonds is 7. The Balaban J connectivity index is 2.47. The average Bonchev–Trinajstić information content (AvgIpc) is 2.71. The fourth-order valence-electron chi connectivity index (χ4n) is 2.37. The van der Waals surface area contributed by atoms with Gasteiger partial charge < -0.3 is 19.3 Å². The summed E-state index contributed by atoms with van der Waals surface area (Å²) >= 11 is 0. The van der Waals surface area contributed by atoms with Crippen molar-refractivity contribution in [3.63, 3.8) is 0 Å². The molecule has 0 aliphatic carbocycles. The topological polar surface area (TPSA) is 42.0 Å². The highest BCUT2D eigenvalue weighted by molar-refractivity contribution is 5.74. The Bertz CT molecular complexity index is 241. The lowest BCUT2D eigenvalue weighted by atomic mass is 10.2. The van der Waals surface area contributed by atoms with Crippen LogP contribution in [0.5, 0.6) is 0 Å². The van der Waals surface area contributed by atoms with E-state index in [0.29, 0.717) is 19.8 Å². The van der Waals surface area contributed by atoms with Gasteiger partial charge in [0.1, 0.15) is 0 Å². The number of ether oxygens (including phenoxy) is 2. The number of carbonyl (C=O) groups excluding carboxylic acids is 1. The van der Waals surface area contributed by atoms with E-state index in [-0.39, 0.29) is 6.03 Å². The highest BCUT2D eigenvalue weighted by atomic mass is 16.5. The monoisotopic (exact) mass is 272 g/mol. The molecule has 2 amide bonds. The second kappa shape index (κ2) is 10.0. The molecule has 1 fully saturated rings. The maximum absolute atomic E-state index is 12.5. The number of urea groups is 1. The molecular formula is C14H28N2O3. The fraction of sp³-hybridized carbons (Fsp3) is 0.929. The second-order valence-electron chi connectivity index (χ2n) is 5.01. The van der Waals surface area contributed by atoms with Crippen LogP contribution in [0, 0.1) is 0 Å². The Morgan fingerprint density at radius 3 is 2.21 bits per heavy atom. The molecule has 0 atom stereocenters. The molecule has 0 aromatic heterocycles. The van der Waals surface area contributed by atoms with Crippen LogP contribution in [-0.2, 0) is 9.47 Å². The zero-order valence-corrected chi connectivity index (χ0v) is 12.4. The van der Waals surface area contributed by atoms with Crippen molar-refractivity contribution in [2.75, 3.05) is 53.6 Å². The molecule has 0 unspecified atom stereocenters. The van der Waals surface area contributed by atoms with Crippen molar-refractivity contribution in [2.24, 2.45) is 0 Å². The summed E-state index contributed by atoms with van der Waals surface area (Å²) in [5, 5.41) is 0. The first-order chi connectivity index (χ1) is 9.29. The van der Waals surface area contributed by atoms with Crippen molar-refractivity contribution < 1.29 is 14.3 Å². The number of carbonyl (C=O) groups is 1. The van der Waals surface area contributed by atoms with Gasteiger partial charge in [-0.2, -0.15) is 0 Å². The van der Waals surface area contributed by atoms with E-state index in [2.05, 4.69) is 0 Å². The molecule has 1 aliphatic heterocycles. The van der Waals surface area contributed by atoms with Crippen LogP contribution in [0.3, 0.4) is 0 Å². The van der Waals surface area contributed by atoms with Crippen LogP contribution in [0.2, 0.25) is 0 Å². The smallest absolute Gasteiger partial charge is 0.320 e. The van der Waals surface area contributed by atoms with E-state index >= 15 is 0 Å². The molecule has 0 aromatic rings. The molecule has 0 radical (unpaired) electrons. The van der Waals surface area contributed by atoms with Crippen molar-refractivity contribution in [2.45, 2.75) is 32.1 Å². The number of amides is 2. The molecule has 5 heteroatoms. The Morgan fingerprint density at radius 1 is 1.00 bits per heavy atom. The van der Waals surface area contributed by atoms with Crippen molar-refractivity contribution in [3.8, 4) is 0 Å².